The van der Waals surface area contributed by atoms with Crippen LogP contribution in [0.5, 0.6) is 0 Å². The second-order valence-electron chi connectivity index (χ2n) is 18.6. The Bertz CT molecular complexity index is 2730. The van der Waals surface area contributed by atoms with E-state index < -0.39 is 45.3 Å². The van der Waals surface area contributed by atoms with Crippen molar-refractivity contribution >= 4 is 50.5 Å². The topological polar surface area (TPSA) is 238 Å². The molecule has 2 aliphatic heterocycles. The van der Waals surface area contributed by atoms with E-state index in [1.54, 1.807) is 58.5 Å². The zero-order chi connectivity index (χ0) is 49.5. The van der Waals surface area contributed by atoms with E-state index >= 15 is 0 Å². The van der Waals surface area contributed by atoms with Gasteiger partial charge in [-0.15, -0.1) is 16.9 Å². The quantitative estimate of drug-likeness (QED) is 0.0566. The molecular formula is C48H62N12O7S2. The van der Waals surface area contributed by atoms with E-state index in [2.05, 4.69) is 65.3 Å². The number of benzene rings is 2. The summed E-state index contributed by atoms with van der Waals surface area (Å²) in [5, 5.41) is 21.2. The number of thiazole rings is 1. The highest BCUT2D eigenvalue weighted by atomic mass is 32.2. The molecule has 0 saturated carbocycles. The summed E-state index contributed by atoms with van der Waals surface area (Å²) >= 11 is 1.57. The monoisotopic (exact) mass is 982 g/mol. The third-order valence-corrected chi connectivity index (χ3v) is 14.6. The molecular weight excluding hydrogens is 921 g/mol. The molecule has 0 aliphatic carbocycles. The van der Waals surface area contributed by atoms with Crippen molar-refractivity contribution in [3.05, 3.63) is 101 Å². The molecule has 7 rings (SSSR count). The van der Waals surface area contributed by atoms with Crippen LogP contribution >= 0.6 is 11.3 Å². The zero-order valence-electron chi connectivity index (χ0n) is 40.0. The highest BCUT2D eigenvalue weighted by molar-refractivity contribution is 7.91. The summed E-state index contributed by atoms with van der Waals surface area (Å²) in [6, 6.07) is 14.5. The van der Waals surface area contributed by atoms with Crippen molar-refractivity contribution in [3.63, 3.8) is 0 Å². The van der Waals surface area contributed by atoms with Crippen molar-refractivity contribution in [2.45, 2.75) is 103 Å². The third kappa shape index (κ3) is 12.9. The lowest BCUT2D eigenvalue weighted by Crippen LogP contribution is -2.58. The first-order chi connectivity index (χ1) is 32.9. The van der Waals surface area contributed by atoms with E-state index in [0.29, 0.717) is 31.0 Å². The molecule has 1 fully saturated rings. The van der Waals surface area contributed by atoms with E-state index in [1.807, 2.05) is 71.2 Å². The van der Waals surface area contributed by atoms with Gasteiger partial charge >= 0.3 is 0 Å². The maximum absolute atomic E-state index is 14.0. The van der Waals surface area contributed by atoms with Gasteiger partial charge in [-0.1, -0.05) is 45.0 Å². The molecule has 2 aromatic carbocycles. The van der Waals surface area contributed by atoms with E-state index in [9.17, 15) is 27.9 Å². The molecule has 1 unspecified atom stereocenters. The molecule has 0 bridgehead atoms. The molecule has 3 aromatic heterocycles. The fourth-order valence-corrected chi connectivity index (χ4v) is 10.4. The summed E-state index contributed by atoms with van der Waals surface area (Å²) < 4.78 is 34.2. The minimum absolute atomic E-state index is 0.0338. The molecule has 0 spiro atoms. The number of nitrogens with zero attached hydrogens (tertiary/aromatic N) is 7. The van der Waals surface area contributed by atoms with Crippen LogP contribution in [0.1, 0.15) is 77.0 Å². The van der Waals surface area contributed by atoms with Gasteiger partial charge in [-0.3, -0.25) is 19.4 Å². The van der Waals surface area contributed by atoms with Gasteiger partial charge in [-0.25, -0.2) is 28.4 Å². The lowest BCUT2D eigenvalue weighted by Gasteiger charge is -2.35. The SMILES string of the molecule is Cc1ncsc1-c1ccc(CNC(=O)[C@@H]2CC(O)CN2C(=O)[C@@H](NC(=O)COCCN2C=C(CCCS(=O)(=O)c3ccc(Nc4nccc(-c5cnc(C)n5C(C)C)n4)cc3)NN2)C(C)(C)C)cc1. The number of rotatable bonds is 20. The number of hydrazine groups is 2. The van der Waals surface area contributed by atoms with Gasteiger partial charge in [-0.05, 0) is 87.4 Å². The number of aromatic nitrogens is 5. The van der Waals surface area contributed by atoms with E-state index in [0.717, 1.165) is 44.6 Å². The number of amides is 3. The highest BCUT2D eigenvalue weighted by Gasteiger charge is 2.44. The summed E-state index contributed by atoms with van der Waals surface area (Å²) in [6.07, 6.45) is 5.31. The first kappa shape index (κ1) is 50.6. The van der Waals surface area contributed by atoms with Gasteiger partial charge < -0.3 is 40.7 Å². The third-order valence-electron chi connectivity index (χ3n) is 11.8. The summed E-state index contributed by atoms with van der Waals surface area (Å²) in [5.41, 5.74) is 13.0. The number of carbonyl (C=O) groups is 3. The Labute approximate surface area is 407 Å². The summed E-state index contributed by atoms with van der Waals surface area (Å²) in [6.45, 7) is 14.0. The summed E-state index contributed by atoms with van der Waals surface area (Å²) in [4.78, 5) is 61.0. The van der Waals surface area contributed by atoms with E-state index in [4.69, 9.17) is 4.74 Å². The Hall–Kier alpha value is -6.26. The number of hydrogen-bond donors (Lipinski definition) is 6. The number of aliphatic hydroxyl groups excluding tert-OH is 1. The van der Waals surface area contributed by atoms with Crippen molar-refractivity contribution in [1.29, 1.82) is 0 Å². The maximum Gasteiger partial charge on any atom is 0.246 e. The second kappa shape index (κ2) is 22.0. The number of imidazole rings is 1. The predicted molar refractivity (Wildman–Crippen MR) is 263 cm³/mol. The molecule has 5 aromatic rings. The molecule has 19 nitrogen and oxygen atoms in total. The number of nitrogens with one attached hydrogen (secondary N) is 5. The molecule has 21 heteroatoms. The number of allylic oxidation sites excluding steroid dienone is 1. The fourth-order valence-electron chi connectivity index (χ4n) is 8.26. The van der Waals surface area contributed by atoms with Crippen molar-refractivity contribution < 1.29 is 32.6 Å². The molecule has 3 amide bonds. The Morgan fingerprint density at radius 3 is 2.46 bits per heavy atom. The molecule has 368 valence electrons. The van der Waals surface area contributed by atoms with Crippen LogP contribution in [-0.4, -0.2) is 116 Å². The normalized spacial score (nSPS) is 16.6. The largest absolute Gasteiger partial charge is 0.391 e. The van der Waals surface area contributed by atoms with Crippen molar-refractivity contribution in [1.82, 2.24) is 56.0 Å². The Balaban J connectivity index is 0.823. The number of aliphatic hydroxyl groups is 1. The smallest absolute Gasteiger partial charge is 0.246 e. The predicted octanol–water partition coefficient (Wildman–Crippen LogP) is 4.95. The average molecular weight is 983 g/mol. The fraction of sp³-hybridized carbons (Fsp3) is 0.438. The molecule has 2 aliphatic rings. The lowest BCUT2D eigenvalue weighted by atomic mass is 9.85. The van der Waals surface area contributed by atoms with Crippen LogP contribution in [0, 0.1) is 19.3 Å². The highest BCUT2D eigenvalue weighted by Crippen LogP contribution is 2.29. The van der Waals surface area contributed by atoms with Crippen LogP contribution in [0.2, 0.25) is 0 Å². The van der Waals surface area contributed by atoms with Crippen LogP contribution in [-0.2, 0) is 35.5 Å². The van der Waals surface area contributed by atoms with Gasteiger partial charge in [0, 0.05) is 49.3 Å². The number of hydrogen-bond acceptors (Lipinski definition) is 16. The standard InChI is InChI=1S/C48H62N12O7S2/c1-30(2)60-32(4)50-25-41(60)39-18-19-49-47(54-39)53-35-14-16-38(17-15-35)69(65,66)22-8-9-36-26-58(57-56-36)20-21-67-28-42(62)55-44(48(5,6)7)46(64)59-27-37(61)23-40(59)45(63)51-24-33-10-12-34(13-11-33)43-31(3)52-29-68-43/h10-19,25-26,29-30,37,40,44,56-57,61H,8-9,20-24,27-28H2,1-7H3,(H,51,63)(H,55,62)(H,49,53,54)/t37?,40-,44+/m0/s1. The number of ether oxygens (including phenoxy) is 1. The van der Waals surface area contributed by atoms with Gasteiger partial charge in [0.25, 0.3) is 0 Å². The van der Waals surface area contributed by atoms with Gasteiger partial charge in [0.05, 0.1) is 63.6 Å². The van der Waals surface area contributed by atoms with Crippen LogP contribution < -0.4 is 26.9 Å². The van der Waals surface area contributed by atoms with Gasteiger partial charge in [0.1, 0.15) is 24.5 Å². The van der Waals surface area contributed by atoms with Crippen LogP contribution in [0.25, 0.3) is 21.8 Å². The maximum atomic E-state index is 14.0. The van der Waals surface area contributed by atoms with Crippen molar-refractivity contribution in [2.24, 2.45) is 5.41 Å². The number of anilines is 2. The number of carbonyl (C=O) groups excluding carboxylic acids is 3. The lowest BCUT2D eigenvalue weighted by molar-refractivity contribution is -0.144. The Morgan fingerprint density at radius 2 is 1.77 bits per heavy atom. The minimum Gasteiger partial charge on any atom is -0.391 e. The Morgan fingerprint density at radius 1 is 1.01 bits per heavy atom. The van der Waals surface area contributed by atoms with Crippen LogP contribution in [0.4, 0.5) is 11.6 Å². The van der Waals surface area contributed by atoms with Crippen LogP contribution in [0.15, 0.2) is 89.3 Å². The van der Waals surface area contributed by atoms with Gasteiger partial charge in [0.2, 0.25) is 23.7 Å². The number of β-amino-alcohol motifs (C(OH)–C–C–N with tert-alkyl or cyclic N) is 1. The molecule has 69 heavy (non-hydrogen) atoms. The number of likely N-dealkylation sites (tertiary alicyclic amines) is 1. The average Bonchev–Trinajstić information content (AvgIpc) is 4.13. The molecule has 1 saturated heterocycles. The van der Waals surface area contributed by atoms with E-state index in [1.165, 1.54) is 4.90 Å². The Kier molecular flexibility index (Phi) is 16.1. The number of sulfone groups is 1. The molecule has 0 radical (unpaired) electrons. The van der Waals surface area contributed by atoms with Gasteiger partial charge in [-0.2, -0.15) is 0 Å². The van der Waals surface area contributed by atoms with Gasteiger partial charge in [0.15, 0.2) is 9.84 Å². The molecule has 3 atom stereocenters. The first-order valence-corrected chi connectivity index (χ1v) is 25.5. The zero-order valence-corrected chi connectivity index (χ0v) is 41.7. The first-order valence-electron chi connectivity index (χ1n) is 22.9. The van der Waals surface area contributed by atoms with E-state index in [-0.39, 0.29) is 55.3 Å². The molecule has 5 heterocycles. The second-order valence-corrected chi connectivity index (χ2v) is 21.5. The summed E-state index contributed by atoms with van der Waals surface area (Å²) in [5.74, 6) is -0.135. The summed E-state index contributed by atoms with van der Waals surface area (Å²) in [7, 11) is -3.56. The van der Waals surface area contributed by atoms with Crippen molar-refractivity contribution in [3.8, 4) is 21.8 Å². The van der Waals surface area contributed by atoms with Crippen LogP contribution in [0.3, 0.4) is 0 Å². The van der Waals surface area contributed by atoms with Crippen molar-refractivity contribution in [2.75, 3.05) is 37.4 Å². The number of aryl methyl sites for hydroxylation is 2. The molecule has 6 N–H and O–H groups in total. The minimum atomic E-state index is -3.56.